The Hall–Kier alpha value is -2.15. The van der Waals surface area contributed by atoms with E-state index in [0.717, 1.165) is 36.9 Å². The number of fused-ring (bicyclic) bond motifs is 1. The molecule has 0 fully saturated rings. The molecular formula is C15H21N5O2. The van der Waals surface area contributed by atoms with Crippen LogP contribution in [0.5, 0.6) is 0 Å². The fraction of sp³-hybridized carbons (Fsp3) is 0.533. The van der Waals surface area contributed by atoms with E-state index in [0.29, 0.717) is 5.69 Å². The standard InChI is InChI=1S/C15H21N5O2/c1-10-7-12(17-22-10)8-19-5-6-20-9-13(15(21)18(3)4)16-14(20)11(19)2/h7,9,11H,5-6,8H2,1-4H3/t11-/m0/s1. The van der Waals surface area contributed by atoms with Crippen LogP contribution in [-0.4, -0.2) is 51.1 Å². The molecule has 1 amide bonds. The van der Waals surface area contributed by atoms with E-state index in [1.54, 1.807) is 19.0 Å². The first-order valence-corrected chi connectivity index (χ1v) is 7.40. The first-order valence-electron chi connectivity index (χ1n) is 7.40. The predicted molar refractivity (Wildman–Crippen MR) is 80.3 cm³/mol. The van der Waals surface area contributed by atoms with Gasteiger partial charge in [0.05, 0.1) is 11.7 Å². The minimum absolute atomic E-state index is 0.0622. The van der Waals surface area contributed by atoms with Gasteiger partial charge in [0, 0.05) is 46.0 Å². The van der Waals surface area contributed by atoms with Gasteiger partial charge in [-0.15, -0.1) is 0 Å². The van der Waals surface area contributed by atoms with Crippen molar-refractivity contribution in [2.24, 2.45) is 0 Å². The molecule has 0 saturated carbocycles. The van der Waals surface area contributed by atoms with Crippen molar-refractivity contribution in [2.75, 3.05) is 20.6 Å². The average molecular weight is 303 g/mol. The summed E-state index contributed by atoms with van der Waals surface area (Å²) in [5, 5.41) is 4.05. The number of imidazole rings is 1. The number of aromatic nitrogens is 3. The number of aryl methyl sites for hydroxylation is 1. The third kappa shape index (κ3) is 2.64. The summed E-state index contributed by atoms with van der Waals surface area (Å²) in [6.07, 6.45) is 1.85. The normalized spacial score (nSPS) is 18.3. The molecule has 0 spiro atoms. The Kier molecular flexibility index (Phi) is 3.74. The van der Waals surface area contributed by atoms with E-state index in [1.807, 2.05) is 19.2 Å². The van der Waals surface area contributed by atoms with Crippen molar-refractivity contribution >= 4 is 5.91 Å². The van der Waals surface area contributed by atoms with Crippen LogP contribution in [0.1, 0.15) is 40.7 Å². The van der Waals surface area contributed by atoms with Gasteiger partial charge < -0.3 is 14.0 Å². The van der Waals surface area contributed by atoms with Crippen LogP contribution in [0.3, 0.4) is 0 Å². The highest BCUT2D eigenvalue weighted by Crippen LogP contribution is 2.26. The molecule has 0 aliphatic carbocycles. The van der Waals surface area contributed by atoms with Gasteiger partial charge >= 0.3 is 0 Å². The van der Waals surface area contributed by atoms with Crippen molar-refractivity contribution in [2.45, 2.75) is 33.0 Å². The van der Waals surface area contributed by atoms with Crippen molar-refractivity contribution in [1.82, 2.24) is 24.5 Å². The quantitative estimate of drug-likeness (QED) is 0.858. The van der Waals surface area contributed by atoms with Crippen LogP contribution in [-0.2, 0) is 13.1 Å². The number of hydrogen-bond acceptors (Lipinski definition) is 5. The Morgan fingerprint density at radius 1 is 1.45 bits per heavy atom. The molecule has 3 heterocycles. The Balaban J connectivity index is 1.80. The predicted octanol–water partition coefficient (Wildman–Crippen LogP) is 1.46. The molecule has 3 rings (SSSR count). The van der Waals surface area contributed by atoms with E-state index in [-0.39, 0.29) is 11.9 Å². The molecule has 7 nitrogen and oxygen atoms in total. The Morgan fingerprint density at radius 3 is 2.86 bits per heavy atom. The molecule has 2 aromatic heterocycles. The Labute approximate surface area is 129 Å². The maximum atomic E-state index is 12.1. The van der Waals surface area contributed by atoms with Crippen LogP contribution in [0, 0.1) is 6.92 Å². The van der Waals surface area contributed by atoms with E-state index in [1.165, 1.54) is 0 Å². The van der Waals surface area contributed by atoms with Gasteiger partial charge in [0.15, 0.2) is 0 Å². The van der Waals surface area contributed by atoms with Crippen LogP contribution in [0.15, 0.2) is 16.8 Å². The van der Waals surface area contributed by atoms with Crippen molar-refractivity contribution in [3.63, 3.8) is 0 Å². The largest absolute Gasteiger partial charge is 0.361 e. The number of nitrogens with zero attached hydrogens (tertiary/aromatic N) is 5. The van der Waals surface area contributed by atoms with Crippen molar-refractivity contribution in [1.29, 1.82) is 0 Å². The lowest BCUT2D eigenvalue weighted by atomic mass is 10.2. The van der Waals surface area contributed by atoms with Gasteiger partial charge in [-0.3, -0.25) is 9.69 Å². The fourth-order valence-corrected chi connectivity index (χ4v) is 2.78. The van der Waals surface area contributed by atoms with Crippen LogP contribution in [0.25, 0.3) is 0 Å². The summed E-state index contributed by atoms with van der Waals surface area (Å²) in [5.41, 5.74) is 1.43. The molecule has 0 radical (unpaired) electrons. The molecule has 1 atom stereocenters. The summed E-state index contributed by atoms with van der Waals surface area (Å²) < 4.78 is 7.20. The average Bonchev–Trinajstić information content (AvgIpc) is 3.08. The second-order valence-electron chi connectivity index (χ2n) is 5.95. The lowest BCUT2D eigenvalue weighted by Gasteiger charge is -2.32. The van der Waals surface area contributed by atoms with E-state index < -0.39 is 0 Å². The van der Waals surface area contributed by atoms with Gasteiger partial charge in [0.25, 0.3) is 5.91 Å². The molecule has 0 N–H and O–H groups in total. The van der Waals surface area contributed by atoms with Crippen LogP contribution < -0.4 is 0 Å². The molecule has 0 bridgehead atoms. The first-order chi connectivity index (χ1) is 10.5. The zero-order valence-electron chi connectivity index (χ0n) is 13.4. The molecule has 7 heteroatoms. The number of carbonyl (C=O) groups excluding carboxylic acids is 1. The molecule has 0 aromatic carbocycles. The molecule has 2 aromatic rings. The van der Waals surface area contributed by atoms with Gasteiger partial charge in [0.1, 0.15) is 17.3 Å². The summed E-state index contributed by atoms with van der Waals surface area (Å²) in [4.78, 5) is 20.4. The second-order valence-corrected chi connectivity index (χ2v) is 5.95. The van der Waals surface area contributed by atoms with E-state index in [4.69, 9.17) is 4.52 Å². The molecule has 1 aliphatic rings. The topological polar surface area (TPSA) is 67.4 Å². The Morgan fingerprint density at radius 2 is 2.23 bits per heavy atom. The van der Waals surface area contributed by atoms with Gasteiger partial charge in [-0.1, -0.05) is 5.16 Å². The maximum Gasteiger partial charge on any atom is 0.273 e. The maximum absolute atomic E-state index is 12.1. The summed E-state index contributed by atoms with van der Waals surface area (Å²) in [6, 6.07) is 2.09. The van der Waals surface area contributed by atoms with Gasteiger partial charge in [-0.05, 0) is 13.8 Å². The number of amides is 1. The number of carbonyl (C=O) groups is 1. The lowest BCUT2D eigenvalue weighted by molar-refractivity contribution is 0.0822. The van der Waals surface area contributed by atoms with Crippen LogP contribution in [0.4, 0.5) is 0 Å². The highest BCUT2D eigenvalue weighted by Gasteiger charge is 2.28. The number of rotatable bonds is 3. The van der Waals surface area contributed by atoms with E-state index >= 15 is 0 Å². The van der Waals surface area contributed by atoms with E-state index in [9.17, 15) is 4.79 Å². The summed E-state index contributed by atoms with van der Waals surface area (Å²) in [7, 11) is 3.48. The molecule has 118 valence electrons. The zero-order chi connectivity index (χ0) is 15.9. The SMILES string of the molecule is Cc1cc(CN2CCn3cc(C(=O)N(C)C)nc3[C@@H]2C)no1. The first kappa shape index (κ1) is 14.8. The minimum Gasteiger partial charge on any atom is -0.361 e. The summed E-state index contributed by atoms with van der Waals surface area (Å²) >= 11 is 0. The highest BCUT2D eigenvalue weighted by molar-refractivity contribution is 5.91. The van der Waals surface area contributed by atoms with Gasteiger partial charge in [-0.2, -0.15) is 0 Å². The summed E-state index contributed by atoms with van der Waals surface area (Å²) in [6.45, 7) is 6.44. The van der Waals surface area contributed by atoms with Crippen molar-refractivity contribution in [3.05, 3.63) is 35.2 Å². The molecule has 22 heavy (non-hydrogen) atoms. The molecule has 0 unspecified atom stereocenters. The molecule has 0 saturated heterocycles. The second kappa shape index (κ2) is 5.57. The number of hydrogen-bond donors (Lipinski definition) is 0. The van der Waals surface area contributed by atoms with Crippen LogP contribution in [0.2, 0.25) is 0 Å². The minimum atomic E-state index is -0.0622. The van der Waals surface area contributed by atoms with Gasteiger partial charge in [-0.25, -0.2) is 4.98 Å². The van der Waals surface area contributed by atoms with Gasteiger partial charge in [0.2, 0.25) is 0 Å². The van der Waals surface area contributed by atoms with Crippen LogP contribution >= 0.6 is 0 Å². The fourth-order valence-electron chi connectivity index (χ4n) is 2.78. The monoisotopic (exact) mass is 303 g/mol. The lowest BCUT2D eigenvalue weighted by Crippen LogP contribution is -2.36. The highest BCUT2D eigenvalue weighted by atomic mass is 16.5. The third-order valence-corrected chi connectivity index (χ3v) is 4.02. The van der Waals surface area contributed by atoms with Crippen molar-refractivity contribution < 1.29 is 9.32 Å². The molecular weight excluding hydrogens is 282 g/mol. The Bertz CT molecular complexity index is 688. The van der Waals surface area contributed by atoms with Crippen molar-refractivity contribution in [3.8, 4) is 0 Å². The third-order valence-electron chi connectivity index (χ3n) is 4.02. The van der Waals surface area contributed by atoms with E-state index in [2.05, 4.69) is 26.5 Å². The zero-order valence-corrected chi connectivity index (χ0v) is 13.4. The summed E-state index contributed by atoms with van der Waals surface area (Å²) in [5.74, 6) is 1.68. The molecule has 1 aliphatic heterocycles. The smallest absolute Gasteiger partial charge is 0.273 e.